The second kappa shape index (κ2) is 13.1. The van der Waals surface area contributed by atoms with Gasteiger partial charge in [-0.1, -0.05) is 18.2 Å². The summed E-state index contributed by atoms with van der Waals surface area (Å²) in [7, 11) is -1.87. The highest BCUT2D eigenvalue weighted by Gasteiger charge is 2.27. The molecule has 42 heavy (non-hydrogen) atoms. The average molecular weight is 599 g/mol. The molecule has 0 amide bonds. The van der Waals surface area contributed by atoms with Gasteiger partial charge in [0.25, 0.3) is 0 Å². The predicted octanol–water partition coefficient (Wildman–Crippen LogP) is 4.48. The van der Waals surface area contributed by atoms with Crippen LogP contribution in [-0.4, -0.2) is 60.6 Å². The molecule has 4 N–H and O–H groups in total. The van der Waals surface area contributed by atoms with Gasteiger partial charge >= 0.3 is 0 Å². The summed E-state index contributed by atoms with van der Waals surface area (Å²) >= 11 is 0. The number of nitrogens with zero attached hydrogens (tertiary/aromatic N) is 4. The minimum absolute atomic E-state index is 0.150. The third kappa shape index (κ3) is 7.00. The number of rotatable bonds is 7. The molecule has 5 rings (SSSR count). The summed E-state index contributed by atoms with van der Waals surface area (Å²) in [5.74, 6) is 6.58. The molecule has 0 radical (unpaired) electrons. The molecule has 0 atom stereocenters. The lowest BCUT2D eigenvalue weighted by Gasteiger charge is -2.24. The van der Waals surface area contributed by atoms with Crippen LogP contribution in [-0.2, 0) is 21.1 Å². The van der Waals surface area contributed by atoms with Crippen LogP contribution in [0.3, 0.4) is 0 Å². The molecule has 1 aliphatic heterocycles. The van der Waals surface area contributed by atoms with E-state index in [1.807, 2.05) is 24.5 Å². The van der Waals surface area contributed by atoms with Crippen LogP contribution in [0.4, 0.5) is 4.39 Å². The van der Waals surface area contributed by atoms with Crippen molar-refractivity contribution in [3.8, 4) is 5.88 Å². The van der Waals surface area contributed by atoms with E-state index in [2.05, 4.69) is 4.98 Å². The fourth-order valence-electron chi connectivity index (χ4n) is 5.14. The number of fused-ring (bicyclic) bond motifs is 3. The molecule has 0 saturated carbocycles. The van der Waals surface area contributed by atoms with E-state index in [0.717, 1.165) is 23.9 Å². The molecule has 3 aromatic heterocycles. The Morgan fingerprint density at radius 3 is 2.38 bits per heavy atom. The summed E-state index contributed by atoms with van der Waals surface area (Å²) in [5, 5.41) is 2.05. The van der Waals surface area contributed by atoms with Crippen molar-refractivity contribution < 1.29 is 22.3 Å². The van der Waals surface area contributed by atoms with Crippen molar-refractivity contribution in [2.45, 2.75) is 51.2 Å². The number of halogens is 1. The number of hydrazine groups is 1. The van der Waals surface area contributed by atoms with Gasteiger partial charge in [-0.15, -0.1) is 0 Å². The van der Waals surface area contributed by atoms with Crippen LogP contribution in [0, 0.1) is 11.7 Å². The molecule has 0 unspecified atom stereocenters. The zero-order valence-corrected chi connectivity index (χ0v) is 25.5. The van der Waals surface area contributed by atoms with Gasteiger partial charge in [0.2, 0.25) is 5.88 Å². The van der Waals surface area contributed by atoms with Crippen LogP contribution < -0.4 is 16.3 Å². The number of benzene rings is 1. The van der Waals surface area contributed by atoms with Gasteiger partial charge in [-0.2, -0.15) is 0 Å². The zero-order valence-electron chi connectivity index (χ0n) is 24.7. The van der Waals surface area contributed by atoms with Crippen LogP contribution in [0.1, 0.15) is 39.2 Å². The molecule has 4 heterocycles. The van der Waals surface area contributed by atoms with Crippen LogP contribution in [0.25, 0.3) is 27.6 Å². The number of pyridine rings is 2. The van der Waals surface area contributed by atoms with Crippen molar-refractivity contribution in [2.24, 2.45) is 17.5 Å². The first-order valence-electron chi connectivity index (χ1n) is 13.8. The Hall–Kier alpha value is -3.74. The monoisotopic (exact) mass is 598 g/mol. The Morgan fingerprint density at radius 1 is 1.19 bits per heavy atom. The third-order valence-electron chi connectivity index (χ3n) is 6.91. The fourth-order valence-corrected chi connectivity index (χ4v) is 5.94. The van der Waals surface area contributed by atoms with Crippen molar-refractivity contribution in [3.05, 3.63) is 65.9 Å². The summed E-state index contributed by atoms with van der Waals surface area (Å²) in [6.45, 7) is 7.57. The summed E-state index contributed by atoms with van der Waals surface area (Å²) in [4.78, 5) is 9.32. The highest BCUT2D eigenvalue weighted by atomic mass is 32.2. The van der Waals surface area contributed by atoms with Gasteiger partial charge in [0.05, 0.1) is 34.4 Å². The molecule has 1 aliphatic rings. The smallest absolute Gasteiger partial charge is 0.225 e. The molecule has 12 heteroatoms. The second-order valence-corrected chi connectivity index (χ2v) is 12.8. The van der Waals surface area contributed by atoms with Crippen molar-refractivity contribution in [1.29, 1.82) is 0 Å². The third-order valence-corrected chi connectivity index (χ3v) is 8.01. The van der Waals surface area contributed by atoms with Crippen molar-refractivity contribution >= 4 is 37.5 Å². The average Bonchev–Trinajstić information content (AvgIpc) is 3.23. The molecule has 0 spiro atoms. The Labute approximate surface area is 246 Å². The standard InChI is InChI=1S/C24H34N6O4S.C6H5F/c1-14(2)34-24-20-21-18(10-17(11-27-21)22(15(3)25)29(4)26)30(13-16-6-8-33-9-7-16)23(20)19(12-28-24)35(5,31)32;7-6-4-2-1-3-5-6/h10-12,14,16H,6-9,13,25-26H2,1-5H3;1-5H/b22-15-;. The number of hydrogen-bond donors (Lipinski definition) is 2. The maximum Gasteiger partial charge on any atom is 0.225 e. The first-order chi connectivity index (χ1) is 19.9. The molecule has 0 bridgehead atoms. The summed E-state index contributed by atoms with van der Waals surface area (Å²) in [5.41, 5.74) is 10.0. The molecule has 1 saturated heterocycles. The van der Waals surface area contributed by atoms with Crippen molar-refractivity contribution in [2.75, 3.05) is 26.5 Å². The van der Waals surface area contributed by atoms with Crippen LogP contribution in [0.5, 0.6) is 5.88 Å². The van der Waals surface area contributed by atoms with E-state index < -0.39 is 9.84 Å². The Bertz CT molecular complexity index is 1680. The van der Waals surface area contributed by atoms with E-state index in [4.69, 9.17) is 26.0 Å². The molecular weight excluding hydrogens is 559 g/mol. The molecule has 1 fully saturated rings. The molecule has 226 valence electrons. The van der Waals surface area contributed by atoms with E-state index in [-0.39, 0.29) is 16.8 Å². The van der Waals surface area contributed by atoms with Crippen LogP contribution in [0.2, 0.25) is 0 Å². The van der Waals surface area contributed by atoms with Gasteiger partial charge in [0.15, 0.2) is 9.84 Å². The molecule has 0 aliphatic carbocycles. The Kier molecular flexibility index (Phi) is 9.70. The van der Waals surface area contributed by atoms with Crippen molar-refractivity contribution in [3.63, 3.8) is 0 Å². The van der Waals surface area contributed by atoms with Gasteiger partial charge < -0.3 is 24.8 Å². The normalized spacial score (nSPS) is 15.0. The van der Waals surface area contributed by atoms with E-state index in [1.54, 1.807) is 38.4 Å². The Balaban J connectivity index is 0.000000507. The largest absolute Gasteiger partial charge is 0.474 e. The maximum atomic E-state index is 12.9. The summed E-state index contributed by atoms with van der Waals surface area (Å²) in [6, 6.07) is 9.90. The number of sulfone groups is 1. The minimum atomic E-state index is -3.59. The predicted molar refractivity (Wildman–Crippen MR) is 163 cm³/mol. The topological polar surface area (TPSA) is 139 Å². The van der Waals surface area contributed by atoms with Crippen molar-refractivity contribution in [1.82, 2.24) is 19.5 Å². The van der Waals surface area contributed by atoms with E-state index in [0.29, 0.717) is 59.4 Å². The molecule has 4 aromatic rings. The number of hydrogen-bond acceptors (Lipinski definition) is 9. The van der Waals surface area contributed by atoms with E-state index in [9.17, 15) is 12.8 Å². The minimum Gasteiger partial charge on any atom is -0.474 e. The lowest BCUT2D eigenvalue weighted by molar-refractivity contribution is 0.0619. The number of allylic oxidation sites excluding steroid dienone is 1. The fraction of sp³-hybridized carbons (Fsp3) is 0.400. The van der Waals surface area contributed by atoms with Gasteiger partial charge in [0, 0.05) is 50.5 Å². The zero-order chi connectivity index (χ0) is 30.6. The molecule has 10 nitrogen and oxygen atoms in total. The van der Waals surface area contributed by atoms with Crippen LogP contribution >= 0.6 is 0 Å². The van der Waals surface area contributed by atoms with Gasteiger partial charge in [-0.25, -0.2) is 23.6 Å². The lowest BCUT2D eigenvalue weighted by atomic mass is 10.0. The molecular formula is C30H39FN6O4S. The summed E-state index contributed by atoms with van der Waals surface area (Å²) in [6.07, 6.45) is 5.91. The summed E-state index contributed by atoms with van der Waals surface area (Å²) < 4.78 is 51.3. The quantitative estimate of drug-likeness (QED) is 0.233. The van der Waals surface area contributed by atoms with Gasteiger partial charge in [0.1, 0.15) is 16.2 Å². The van der Waals surface area contributed by atoms with Crippen LogP contribution in [0.15, 0.2) is 59.4 Å². The van der Waals surface area contributed by atoms with Gasteiger partial charge in [-0.05, 0) is 57.7 Å². The first-order valence-corrected chi connectivity index (χ1v) is 15.7. The number of ether oxygens (including phenoxy) is 2. The highest BCUT2D eigenvalue weighted by Crippen LogP contribution is 2.39. The van der Waals surface area contributed by atoms with E-state index >= 15 is 0 Å². The first kappa shape index (κ1) is 31.2. The maximum absolute atomic E-state index is 12.9. The number of nitrogens with two attached hydrogens (primary N) is 2. The van der Waals surface area contributed by atoms with E-state index in [1.165, 1.54) is 29.6 Å². The highest BCUT2D eigenvalue weighted by molar-refractivity contribution is 7.91. The number of aromatic nitrogens is 3. The lowest BCUT2D eigenvalue weighted by Crippen LogP contribution is -2.26. The second-order valence-electron chi connectivity index (χ2n) is 10.8. The molecule has 1 aromatic carbocycles. The SMILES string of the molecule is C/C(N)=C(\c1cnc2c3c(OC(C)C)ncc(S(C)(=O)=O)c3n(CC3CCOCC3)c2c1)N(C)N.Fc1ccccc1. The Morgan fingerprint density at radius 2 is 1.86 bits per heavy atom. The van der Waals surface area contributed by atoms with Gasteiger partial charge in [-0.3, -0.25) is 4.98 Å².